The molecule has 3 saturated heterocycles. The van der Waals surface area contributed by atoms with Crippen LogP contribution in [-0.4, -0.2) is 61.8 Å². The number of Topliss-reactive ketones (excluding diaryl/α,β-unsaturated/α-hetero) is 2. The summed E-state index contributed by atoms with van der Waals surface area (Å²) < 4.78 is 32.0. The van der Waals surface area contributed by atoms with Gasteiger partial charge in [-0.1, -0.05) is 23.2 Å². The summed E-state index contributed by atoms with van der Waals surface area (Å²) in [6, 6.07) is 10.7. The number of benzene rings is 2. The molecule has 9 nitrogen and oxygen atoms in total. The maximum Gasteiger partial charge on any atom is 0.228 e. The van der Waals surface area contributed by atoms with E-state index in [1.807, 2.05) is 0 Å². The number of halogens is 2. The highest BCUT2D eigenvalue weighted by atomic mass is 35.5. The molecule has 0 aliphatic carbocycles. The monoisotopic (exact) mass is 580 g/mol. The minimum absolute atomic E-state index is 0.000787. The third kappa shape index (κ3) is 5.17. The zero-order valence-electron chi connectivity index (χ0n) is 20.5. The van der Waals surface area contributed by atoms with Gasteiger partial charge in [0.2, 0.25) is 26.5 Å². The van der Waals surface area contributed by atoms with Crippen LogP contribution in [0.1, 0.15) is 31.2 Å². The number of nitrogens with zero attached hydrogens (tertiary/aromatic N) is 1. The van der Waals surface area contributed by atoms with E-state index in [-0.39, 0.29) is 41.9 Å². The molecule has 2 atom stereocenters. The molecule has 1 N–H and O–H groups in total. The van der Waals surface area contributed by atoms with Gasteiger partial charge in [0.05, 0.1) is 18.4 Å². The predicted octanol–water partition coefficient (Wildman–Crippen LogP) is 3.00. The van der Waals surface area contributed by atoms with Crippen LogP contribution in [0.5, 0.6) is 5.75 Å². The van der Waals surface area contributed by atoms with Gasteiger partial charge in [0.1, 0.15) is 11.5 Å². The molecule has 0 bridgehead atoms. The number of carbonyl (C=O) groups excluding carboxylic acids is 4. The molecule has 0 spiro atoms. The van der Waals surface area contributed by atoms with Crippen molar-refractivity contribution in [1.82, 2.24) is 10.2 Å². The van der Waals surface area contributed by atoms with Gasteiger partial charge in [-0.05, 0) is 54.4 Å². The normalized spacial score (nSPS) is 23.0. The van der Waals surface area contributed by atoms with Gasteiger partial charge in [-0.25, -0.2) is 8.42 Å². The van der Waals surface area contributed by atoms with Crippen LogP contribution < -0.4 is 10.1 Å². The molecule has 0 radical (unpaired) electrons. The molecular formula is C26H26Cl2N2O7S. The topological polar surface area (TPSA) is 127 Å². The van der Waals surface area contributed by atoms with Crippen LogP contribution in [0.4, 0.5) is 0 Å². The highest BCUT2D eigenvalue weighted by molar-refractivity contribution is 7.93. The molecule has 5 rings (SSSR count). The number of rotatable bonds is 5. The van der Waals surface area contributed by atoms with Crippen molar-refractivity contribution < 1.29 is 32.3 Å². The van der Waals surface area contributed by atoms with Crippen LogP contribution in [0.2, 0.25) is 10.0 Å². The molecule has 3 fully saturated rings. The molecule has 2 aromatic carbocycles. The van der Waals surface area contributed by atoms with E-state index in [1.165, 1.54) is 36.3 Å². The van der Waals surface area contributed by atoms with Crippen molar-refractivity contribution in [2.75, 3.05) is 20.2 Å². The maximum absolute atomic E-state index is 13.4. The summed E-state index contributed by atoms with van der Waals surface area (Å²) in [6.45, 7) is 0.567. The van der Waals surface area contributed by atoms with Gasteiger partial charge < -0.3 is 15.0 Å². The van der Waals surface area contributed by atoms with Crippen molar-refractivity contribution in [3.05, 3.63) is 58.1 Å². The summed E-state index contributed by atoms with van der Waals surface area (Å²) in [4.78, 5) is 46.0. The summed E-state index contributed by atoms with van der Waals surface area (Å²) in [5.41, 5.74) is 0.687. The molecule has 202 valence electrons. The van der Waals surface area contributed by atoms with Crippen molar-refractivity contribution in [3.8, 4) is 5.75 Å². The Morgan fingerprint density at radius 2 is 1.68 bits per heavy atom. The highest BCUT2D eigenvalue weighted by Crippen LogP contribution is 2.49. The fraction of sp³-hybridized carbons (Fsp3) is 0.385. The fourth-order valence-corrected chi connectivity index (χ4v) is 7.33. The molecular weight excluding hydrogens is 555 g/mol. The van der Waals surface area contributed by atoms with Gasteiger partial charge in [0, 0.05) is 48.3 Å². The average Bonchev–Trinajstić information content (AvgIpc) is 2.96. The first kappa shape index (κ1) is 28.1. The van der Waals surface area contributed by atoms with Crippen molar-refractivity contribution in [2.24, 2.45) is 5.92 Å². The summed E-state index contributed by atoms with van der Waals surface area (Å²) in [5.74, 6) is -0.756. The van der Waals surface area contributed by atoms with Gasteiger partial charge in [0.25, 0.3) is 0 Å². The van der Waals surface area contributed by atoms with Crippen LogP contribution in [0.15, 0.2) is 47.4 Å². The number of ketones is 2. The lowest BCUT2D eigenvalue weighted by molar-refractivity contribution is -0.150. The quantitative estimate of drug-likeness (QED) is 0.538. The second kappa shape index (κ2) is 11.0. The number of ether oxygens (including phenoxy) is 1. The maximum atomic E-state index is 13.4. The minimum atomic E-state index is -4.11. The van der Waals surface area contributed by atoms with Crippen LogP contribution in [-0.2, 0) is 35.4 Å². The van der Waals surface area contributed by atoms with Crippen LogP contribution in [0.3, 0.4) is 0 Å². The van der Waals surface area contributed by atoms with Crippen LogP contribution in [0, 0.1) is 5.92 Å². The Kier molecular flexibility index (Phi) is 8.15. The minimum Gasteiger partial charge on any atom is -0.496 e. The van der Waals surface area contributed by atoms with Crippen molar-refractivity contribution >= 4 is 56.4 Å². The lowest BCUT2D eigenvalue weighted by Gasteiger charge is -2.44. The lowest BCUT2D eigenvalue weighted by Crippen LogP contribution is -2.67. The molecule has 38 heavy (non-hydrogen) atoms. The SMILES string of the molecule is COc1ccc(Cl)cc1CC1CN2C(=O)CC2(S(=O)(=O)c2ccc(Cl)cc2)C1=O.O=C1CCNC(=O)CC1. The van der Waals surface area contributed by atoms with E-state index >= 15 is 0 Å². The number of hydrogen-bond donors (Lipinski definition) is 1. The molecule has 2 aromatic rings. The summed E-state index contributed by atoms with van der Waals surface area (Å²) in [6.07, 6.45) is 1.18. The Bertz CT molecular complexity index is 1380. The number of fused-ring (bicyclic) bond motifs is 1. The number of hydrogen-bond acceptors (Lipinski definition) is 7. The lowest BCUT2D eigenvalue weighted by atomic mass is 9.92. The Morgan fingerprint density at radius 3 is 2.34 bits per heavy atom. The molecule has 12 heteroatoms. The highest BCUT2D eigenvalue weighted by Gasteiger charge is 2.70. The summed E-state index contributed by atoms with van der Waals surface area (Å²) >= 11 is 11.9. The Balaban J connectivity index is 0.000000317. The average molecular weight is 581 g/mol. The predicted molar refractivity (Wildman–Crippen MR) is 140 cm³/mol. The first-order chi connectivity index (χ1) is 18.0. The number of carbonyl (C=O) groups is 4. The molecule has 0 aromatic heterocycles. The van der Waals surface area contributed by atoms with E-state index in [9.17, 15) is 27.6 Å². The molecule has 0 saturated carbocycles. The van der Waals surface area contributed by atoms with E-state index < -0.39 is 26.4 Å². The smallest absolute Gasteiger partial charge is 0.228 e. The van der Waals surface area contributed by atoms with E-state index in [1.54, 1.807) is 18.2 Å². The number of amides is 2. The van der Waals surface area contributed by atoms with E-state index in [4.69, 9.17) is 27.9 Å². The van der Waals surface area contributed by atoms with Gasteiger partial charge in [-0.2, -0.15) is 0 Å². The standard InChI is InChI=1S/C20H17Cl2NO5S.C6H9NO2/c1-28-17-7-4-15(22)9-12(17)8-13-11-23-18(24)10-20(23,19(13)25)29(26,27)16-5-2-14(21)3-6-16;8-5-1-2-6(9)7-4-3-5/h2-7,9,13H,8,10-11H2,1H3;1-4H2,(H,7,9). The van der Waals surface area contributed by atoms with E-state index in [0.29, 0.717) is 47.2 Å². The summed E-state index contributed by atoms with van der Waals surface area (Å²) in [5, 5.41) is 3.48. The second-order valence-corrected chi connectivity index (χ2v) is 12.3. The van der Waals surface area contributed by atoms with Crippen molar-refractivity contribution in [1.29, 1.82) is 0 Å². The zero-order valence-corrected chi connectivity index (χ0v) is 22.9. The van der Waals surface area contributed by atoms with E-state index in [0.717, 1.165) is 0 Å². The van der Waals surface area contributed by atoms with Crippen molar-refractivity contribution in [2.45, 2.75) is 41.9 Å². The molecule has 2 unspecified atom stereocenters. The van der Waals surface area contributed by atoms with Crippen molar-refractivity contribution in [3.63, 3.8) is 0 Å². The number of β-lactam (4-membered cyclic amide) rings is 1. The zero-order chi connectivity index (χ0) is 27.7. The van der Waals surface area contributed by atoms with Crippen LogP contribution >= 0.6 is 23.2 Å². The Labute approximate surface area is 230 Å². The van der Waals surface area contributed by atoms with Gasteiger partial charge in [0.15, 0.2) is 5.78 Å². The number of nitrogens with one attached hydrogen (secondary N) is 1. The van der Waals surface area contributed by atoms with Crippen LogP contribution in [0.25, 0.3) is 0 Å². The van der Waals surface area contributed by atoms with Gasteiger partial charge in [-0.3, -0.25) is 19.2 Å². The third-order valence-electron chi connectivity index (χ3n) is 6.92. The van der Waals surface area contributed by atoms with Gasteiger partial charge >= 0.3 is 0 Å². The Morgan fingerprint density at radius 1 is 1.00 bits per heavy atom. The molecule has 2 amide bonds. The van der Waals surface area contributed by atoms with E-state index in [2.05, 4.69) is 5.32 Å². The summed E-state index contributed by atoms with van der Waals surface area (Å²) in [7, 11) is -2.60. The second-order valence-electron chi connectivity index (χ2n) is 9.28. The first-order valence-corrected chi connectivity index (χ1v) is 14.2. The van der Waals surface area contributed by atoms with Gasteiger partial charge in [-0.15, -0.1) is 0 Å². The fourth-order valence-electron chi connectivity index (χ4n) is 4.92. The molecule has 3 heterocycles. The number of methoxy groups -OCH3 is 1. The first-order valence-electron chi connectivity index (χ1n) is 12.0. The molecule has 3 aliphatic rings. The largest absolute Gasteiger partial charge is 0.496 e. The number of sulfone groups is 1. The Hall–Kier alpha value is -2.95. The third-order valence-corrected chi connectivity index (χ3v) is 9.76. The molecule has 3 aliphatic heterocycles.